The van der Waals surface area contributed by atoms with Gasteiger partial charge in [-0.05, 0) is 109 Å². The first-order chi connectivity index (χ1) is 32.9. The number of halogens is 8. The Bertz CT molecular complexity index is 3200. The summed E-state index contributed by atoms with van der Waals surface area (Å²) in [7, 11) is 0. The van der Waals surface area contributed by atoms with E-state index in [0.717, 1.165) is 77.1 Å². The lowest BCUT2D eigenvalue weighted by Crippen LogP contribution is -2.48. The molecule has 8 rings (SSSR count). The second kappa shape index (κ2) is 19.8. The van der Waals surface area contributed by atoms with Gasteiger partial charge in [-0.3, -0.25) is 19.7 Å². The number of nitrogens with one attached hydrogen (secondary N) is 1. The Morgan fingerprint density at radius 2 is 1.06 bits per heavy atom. The average Bonchev–Trinajstić information content (AvgIpc) is 4.00. The van der Waals surface area contributed by atoms with Crippen molar-refractivity contribution in [3.05, 3.63) is 202 Å². The molecule has 8 aromatic rings. The summed E-state index contributed by atoms with van der Waals surface area (Å²) in [5.74, 6) is -12.2. The van der Waals surface area contributed by atoms with E-state index in [1.54, 1.807) is 0 Å². The van der Waals surface area contributed by atoms with Gasteiger partial charge in [0.05, 0.1) is 48.7 Å². The van der Waals surface area contributed by atoms with Gasteiger partial charge in [0.2, 0.25) is 4.77 Å². The molecule has 2 atom stereocenters. The van der Waals surface area contributed by atoms with Crippen molar-refractivity contribution in [3.63, 3.8) is 0 Å². The van der Waals surface area contributed by atoms with Crippen LogP contribution in [0.4, 0.5) is 35.1 Å². The molecule has 350 valence electrons. The van der Waals surface area contributed by atoms with Crippen LogP contribution in [0.2, 0.25) is 0 Å². The predicted octanol–water partition coefficient (Wildman–Crippen LogP) is 9.25. The van der Waals surface area contributed by atoms with E-state index >= 15 is 17.6 Å². The van der Waals surface area contributed by atoms with Gasteiger partial charge < -0.3 is 19.7 Å². The highest BCUT2D eigenvalue weighted by Gasteiger charge is 2.59. The van der Waals surface area contributed by atoms with Crippen molar-refractivity contribution in [1.82, 2.24) is 39.5 Å². The van der Waals surface area contributed by atoms with E-state index in [1.807, 2.05) is 12.1 Å². The molecule has 4 aromatic carbocycles. The zero-order chi connectivity index (χ0) is 49.6. The second-order valence-electron chi connectivity index (χ2n) is 14.7. The Morgan fingerprint density at radius 3 is 1.42 bits per heavy atom. The summed E-state index contributed by atoms with van der Waals surface area (Å²) < 4.78 is 132. The van der Waals surface area contributed by atoms with Crippen LogP contribution in [0.5, 0.6) is 23.0 Å². The lowest BCUT2D eigenvalue weighted by Gasteiger charge is -2.36. The number of H-pyrrole nitrogens is 1. The largest absolute Gasteiger partial charge is 0.456 e. The third-order valence-corrected chi connectivity index (χ3v) is 10.5. The summed E-state index contributed by atoms with van der Waals surface area (Å²) in [4.78, 5) is 14.8. The first kappa shape index (κ1) is 48.6. The molecule has 0 saturated carbocycles. The van der Waals surface area contributed by atoms with Crippen molar-refractivity contribution in [2.24, 2.45) is 0 Å². The maximum atomic E-state index is 15.8. The molecule has 0 amide bonds. The van der Waals surface area contributed by atoms with Crippen LogP contribution >= 0.6 is 12.2 Å². The average molecular weight is 971 g/mol. The van der Waals surface area contributed by atoms with Gasteiger partial charge in [0, 0.05) is 23.3 Å². The zero-order valence-corrected chi connectivity index (χ0v) is 35.7. The molecule has 14 nitrogen and oxygen atoms in total. The molecule has 0 bridgehead atoms. The molecule has 4 aromatic heterocycles. The van der Waals surface area contributed by atoms with Gasteiger partial charge in [-0.2, -0.15) is 33.2 Å². The number of hydrogen-bond donors (Lipinski definition) is 3. The molecule has 0 aliphatic rings. The minimum atomic E-state index is -4.18. The van der Waals surface area contributed by atoms with Crippen molar-refractivity contribution in [3.8, 4) is 35.1 Å². The summed E-state index contributed by atoms with van der Waals surface area (Å²) in [5.41, 5.74) is -9.09. The van der Waals surface area contributed by atoms with E-state index in [0.29, 0.717) is 34.8 Å². The number of rotatable bonds is 14. The molecule has 0 saturated heterocycles. The summed E-state index contributed by atoms with van der Waals surface area (Å²) in [6, 6.07) is 24.1. The van der Waals surface area contributed by atoms with E-state index in [-0.39, 0.29) is 16.3 Å². The summed E-state index contributed by atoms with van der Waals surface area (Å²) in [6.07, 6.45) is 5.27. The lowest BCUT2D eigenvalue weighted by molar-refractivity contribution is -0.207. The van der Waals surface area contributed by atoms with E-state index in [9.17, 15) is 27.8 Å². The van der Waals surface area contributed by atoms with Gasteiger partial charge in [0.25, 0.3) is 0 Å². The zero-order valence-electron chi connectivity index (χ0n) is 34.9. The van der Waals surface area contributed by atoms with Gasteiger partial charge in [-0.1, -0.05) is 0 Å². The van der Waals surface area contributed by atoms with Crippen LogP contribution in [0.1, 0.15) is 33.6 Å². The summed E-state index contributed by atoms with van der Waals surface area (Å²) in [6.45, 7) is -1.83. The number of aromatic amines is 1. The predicted molar refractivity (Wildman–Crippen MR) is 227 cm³/mol. The number of pyridine rings is 2. The first-order valence-corrected chi connectivity index (χ1v) is 20.1. The molecule has 0 aliphatic heterocycles. The topological polar surface area (TPSA) is 197 Å². The van der Waals surface area contributed by atoms with Gasteiger partial charge in [0.15, 0.2) is 11.2 Å². The maximum Gasteiger partial charge on any atom is 0.323 e. The highest BCUT2D eigenvalue weighted by Crippen LogP contribution is 2.48. The Balaban J connectivity index is 0.000000204. The van der Waals surface area contributed by atoms with Crippen LogP contribution in [0, 0.1) is 50.7 Å². The van der Waals surface area contributed by atoms with Crippen molar-refractivity contribution in [2.45, 2.75) is 36.1 Å². The van der Waals surface area contributed by atoms with Gasteiger partial charge in [0.1, 0.15) is 76.6 Å². The molecule has 0 fully saturated rings. The second-order valence-corrected chi connectivity index (χ2v) is 15.1. The quantitative estimate of drug-likeness (QED) is 0.0691. The van der Waals surface area contributed by atoms with Crippen LogP contribution in [0.25, 0.3) is 0 Å². The molecule has 2 unspecified atom stereocenters. The number of nitriles is 2. The fraction of sp³-hybridized carbons (Fsp3) is 0.130. The summed E-state index contributed by atoms with van der Waals surface area (Å²) in [5, 5.41) is 46.3. The van der Waals surface area contributed by atoms with Gasteiger partial charge in [-0.25, -0.2) is 32.2 Å². The van der Waals surface area contributed by atoms with Crippen molar-refractivity contribution in [1.29, 1.82) is 10.5 Å². The highest BCUT2D eigenvalue weighted by molar-refractivity contribution is 7.71. The van der Waals surface area contributed by atoms with Crippen molar-refractivity contribution < 1.29 is 54.8 Å². The number of hydrogen-bond acceptors (Lipinski definition) is 12. The van der Waals surface area contributed by atoms with E-state index in [1.165, 1.54) is 60.7 Å². The highest BCUT2D eigenvalue weighted by atomic mass is 32.1. The minimum absolute atomic E-state index is 0.0987. The standard InChI is InChI=1S/C23H15F4N5O2S.C23H15F4N5O2/c24-15-3-7-18(19(25)9-15)22(33,12-32-21(35)30-13-31-32)23(26,27)20-8-6-17(11-29-20)34-16-4-1-14(10-28)2-5-16;24-16-3-7-19(20(25)9-16)22(33,12-32-14-29-13-31-32)23(26,27)21-8-6-18(11-30-21)34-17-4-1-15(10-28)2-5-17/h1-9,11,13,33H,12H2,(H,30,31,35);1-9,11,13-14,33H,12H2. The normalized spacial score (nSPS) is 13.2. The van der Waals surface area contributed by atoms with Gasteiger partial charge in [-0.15, -0.1) is 0 Å². The fourth-order valence-corrected chi connectivity index (χ4v) is 6.84. The van der Waals surface area contributed by atoms with Crippen LogP contribution in [0.3, 0.4) is 0 Å². The SMILES string of the molecule is N#Cc1ccc(Oc2ccc(C(F)(F)C(O)(Cn3[nH]cnc3=S)c3ccc(F)cc3F)nc2)cc1.N#Cc1ccc(Oc2ccc(C(F)(F)C(O)(Cn3cncn3)c3ccc(F)cc3F)nc2)cc1. The van der Waals surface area contributed by atoms with E-state index < -0.39 is 81.9 Å². The third kappa shape index (κ3) is 10.3. The van der Waals surface area contributed by atoms with Crippen LogP contribution in [0.15, 0.2) is 141 Å². The molecule has 0 spiro atoms. The van der Waals surface area contributed by atoms with E-state index in [4.69, 9.17) is 32.2 Å². The smallest absolute Gasteiger partial charge is 0.323 e. The summed E-state index contributed by atoms with van der Waals surface area (Å²) >= 11 is 4.95. The fourth-order valence-electron chi connectivity index (χ4n) is 6.67. The third-order valence-electron chi connectivity index (χ3n) is 10.2. The first-order valence-electron chi connectivity index (χ1n) is 19.7. The van der Waals surface area contributed by atoms with Crippen LogP contribution < -0.4 is 9.47 Å². The number of alkyl halides is 4. The van der Waals surface area contributed by atoms with Gasteiger partial charge >= 0.3 is 11.8 Å². The molecular formula is C46H30F8N10O4S. The number of nitrogens with zero attached hydrogens (tertiary/aromatic N) is 9. The van der Waals surface area contributed by atoms with E-state index in [2.05, 4.69) is 30.1 Å². The Morgan fingerprint density at radius 1 is 0.609 bits per heavy atom. The molecule has 69 heavy (non-hydrogen) atoms. The molecule has 4 heterocycles. The molecule has 0 radical (unpaired) electrons. The molecule has 3 N–H and O–H groups in total. The Kier molecular flexibility index (Phi) is 14.0. The monoisotopic (exact) mass is 970 g/mol. The lowest BCUT2D eigenvalue weighted by atomic mass is 9.84. The number of aromatic nitrogens is 8. The molecular weight excluding hydrogens is 941 g/mol. The Hall–Kier alpha value is -8.38. The van der Waals surface area contributed by atoms with Crippen LogP contribution in [-0.4, -0.2) is 49.7 Å². The Labute approximate surface area is 389 Å². The number of benzene rings is 4. The number of aliphatic hydroxyl groups is 2. The number of ether oxygens (including phenoxy) is 2. The molecule has 23 heteroatoms. The van der Waals surface area contributed by atoms with Crippen molar-refractivity contribution in [2.75, 3.05) is 0 Å². The molecule has 0 aliphatic carbocycles. The van der Waals surface area contributed by atoms with Crippen LogP contribution in [-0.2, 0) is 36.1 Å². The van der Waals surface area contributed by atoms with Crippen molar-refractivity contribution >= 4 is 12.2 Å². The minimum Gasteiger partial charge on any atom is -0.456 e. The maximum absolute atomic E-state index is 15.8.